The molecule has 0 radical (unpaired) electrons. The van der Waals surface area contributed by atoms with Crippen LogP contribution in [0.4, 0.5) is 4.39 Å². The van der Waals surface area contributed by atoms with E-state index in [1.807, 2.05) is 0 Å². The number of halogens is 2. The monoisotopic (exact) mass is 295 g/mol. The first-order valence-corrected chi connectivity index (χ1v) is 5.97. The minimum atomic E-state index is -0.486. The maximum atomic E-state index is 13.2. The van der Waals surface area contributed by atoms with Crippen LogP contribution in [0.15, 0.2) is 41.8 Å². The van der Waals surface area contributed by atoms with Gasteiger partial charge < -0.3 is 15.7 Å². The van der Waals surface area contributed by atoms with Gasteiger partial charge in [-0.05, 0) is 12.1 Å². The third-order valence-electron chi connectivity index (χ3n) is 2.53. The number of hydrogen-bond acceptors (Lipinski definition) is 4. The van der Waals surface area contributed by atoms with Crippen molar-refractivity contribution in [3.05, 3.63) is 58.6 Å². The molecule has 0 bridgehead atoms. The molecule has 1 aromatic heterocycles. The first kappa shape index (κ1) is 14.1. The van der Waals surface area contributed by atoms with Gasteiger partial charge in [0.1, 0.15) is 18.2 Å². The van der Waals surface area contributed by atoms with Crippen LogP contribution in [-0.2, 0) is 6.61 Å². The molecule has 2 rings (SSSR count). The Morgan fingerprint density at radius 2 is 2.20 bits per heavy atom. The van der Waals surface area contributed by atoms with Crippen molar-refractivity contribution in [3.63, 3.8) is 0 Å². The van der Waals surface area contributed by atoms with Crippen LogP contribution in [-0.4, -0.2) is 16.0 Å². The molecule has 0 aliphatic carbocycles. The highest BCUT2D eigenvalue weighted by atomic mass is 35.5. The van der Waals surface area contributed by atoms with E-state index in [0.717, 1.165) is 0 Å². The van der Waals surface area contributed by atoms with E-state index in [1.165, 1.54) is 30.6 Å². The van der Waals surface area contributed by atoms with E-state index >= 15 is 0 Å². The van der Waals surface area contributed by atoms with Gasteiger partial charge in [0.2, 0.25) is 0 Å². The Hall–Kier alpha value is -2.34. The van der Waals surface area contributed by atoms with Crippen molar-refractivity contribution < 1.29 is 14.3 Å². The molecule has 2 aromatic rings. The molecular formula is C13H11ClFN3O2. The Kier molecular flexibility index (Phi) is 4.37. The topological polar surface area (TPSA) is 80.7 Å². The van der Waals surface area contributed by atoms with E-state index in [1.54, 1.807) is 6.07 Å². The van der Waals surface area contributed by atoms with Gasteiger partial charge in [-0.15, -0.1) is 0 Å². The van der Waals surface area contributed by atoms with Crippen LogP contribution in [0.1, 0.15) is 11.1 Å². The number of amidine groups is 1. The molecule has 0 saturated heterocycles. The molecular weight excluding hydrogens is 285 g/mol. The molecule has 0 spiro atoms. The third-order valence-corrected chi connectivity index (χ3v) is 2.74. The van der Waals surface area contributed by atoms with Crippen LogP contribution in [0, 0.1) is 5.82 Å². The molecule has 0 fully saturated rings. The lowest BCUT2D eigenvalue weighted by Gasteiger charge is -2.10. The molecule has 104 valence electrons. The zero-order valence-corrected chi connectivity index (χ0v) is 11.0. The van der Waals surface area contributed by atoms with E-state index in [4.69, 9.17) is 27.3 Å². The van der Waals surface area contributed by atoms with E-state index in [-0.39, 0.29) is 18.0 Å². The lowest BCUT2D eigenvalue weighted by Crippen LogP contribution is -2.16. The van der Waals surface area contributed by atoms with Gasteiger partial charge in [0.15, 0.2) is 5.84 Å². The van der Waals surface area contributed by atoms with Gasteiger partial charge in [-0.3, -0.25) is 4.98 Å². The largest absolute Gasteiger partial charge is 0.487 e. The van der Waals surface area contributed by atoms with Crippen molar-refractivity contribution in [2.75, 3.05) is 0 Å². The zero-order chi connectivity index (χ0) is 14.5. The molecule has 3 N–H and O–H groups in total. The van der Waals surface area contributed by atoms with Crippen molar-refractivity contribution in [2.45, 2.75) is 6.61 Å². The SMILES string of the molecule is NC(=NO)c1cc(F)ccc1COc1cncc(Cl)c1. The third kappa shape index (κ3) is 3.36. The number of benzene rings is 1. The van der Waals surface area contributed by atoms with Gasteiger partial charge in [0.25, 0.3) is 0 Å². The smallest absolute Gasteiger partial charge is 0.170 e. The number of nitrogens with zero attached hydrogens (tertiary/aromatic N) is 2. The maximum absolute atomic E-state index is 13.2. The summed E-state index contributed by atoms with van der Waals surface area (Å²) in [6.45, 7) is 0.105. The van der Waals surface area contributed by atoms with Crippen LogP contribution in [0.25, 0.3) is 0 Å². The van der Waals surface area contributed by atoms with E-state index < -0.39 is 5.82 Å². The normalized spacial score (nSPS) is 11.4. The number of hydrogen-bond donors (Lipinski definition) is 2. The first-order chi connectivity index (χ1) is 9.60. The Labute approximate surface area is 119 Å². The molecule has 0 amide bonds. The molecule has 0 unspecified atom stereocenters. The van der Waals surface area contributed by atoms with Gasteiger partial charge in [-0.2, -0.15) is 0 Å². The minimum Gasteiger partial charge on any atom is -0.487 e. The average molecular weight is 296 g/mol. The predicted octanol–water partition coefficient (Wildman–Crippen LogP) is 2.55. The van der Waals surface area contributed by atoms with E-state index in [0.29, 0.717) is 16.3 Å². The molecule has 0 aliphatic rings. The summed E-state index contributed by atoms with van der Waals surface area (Å²) in [5.41, 5.74) is 6.34. The molecule has 7 heteroatoms. The Morgan fingerprint density at radius 3 is 2.90 bits per heavy atom. The fourth-order valence-corrected chi connectivity index (χ4v) is 1.76. The van der Waals surface area contributed by atoms with Gasteiger partial charge in [0, 0.05) is 23.4 Å². The maximum Gasteiger partial charge on any atom is 0.170 e. The fraction of sp³-hybridized carbons (Fsp3) is 0.0769. The van der Waals surface area contributed by atoms with Crippen molar-refractivity contribution in [1.29, 1.82) is 0 Å². The van der Waals surface area contributed by atoms with Gasteiger partial charge in [-0.1, -0.05) is 22.8 Å². The lowest BCUT2D eigenvalue weighted by atomic mass is 10.1. The molecule has 0 atom stereocenters. The number of rotatable bonds is 4. The van der Waals surface area contributed by atoms with Crippen molar-refractivity contribution in [1.82, 2.24) is 4.98 Å². The van der Waals surface area contributed by atoms with Crippen LogP contribution < -0.4 is 10.5 Å². The molecule has 0 aliphatic heterocycles. The van der Waals surface area contributed by atoms with Crippen LogP contribution in [0.2, 0.25) is 5.02 Å². The number of aromatic nitrogens is 1. The zero-order valence-electron chi connectivity index (χ0n) is 10.3. The van der Waals surface area contributed by atoms with Gasteiger partial charge in [0.05, 0.1) is 11.2 Å². The second-order valence-electron chi connectivity index (χ2n) is 3.91. The summed E-state index contributed by atoms with van der Waals surface area (Å²) in [5, 5.41) is 12.0. The van der Waals surface area contributed by atoms with Gasteiger partial charge >= 0.3 is 0 Å². The summed E-state index contributed by atoms with van der Waals surface area (Å²) in [4.78, 5) is 3.88. The van der Waals surface area contributed by atoms with Gasteiger partial charge in [-0.25, -0.2) is 4.39 Å². The Morgan fingerprint density at radius 1 is 1.40 bits per heavy atom. The summed E-state index contributed by atoms with van der Waals surface area (Å²) < 4.78 is 18.7. The summed E-state index contributed by atoms with van der Waals surface area (Å²) in [6, 6.07) is 5.54. The highest BCUT2D eigenvalue weighted by Gasteiger charge is 2.09. The molecule has 5 nitrogen and oxygen atoms in total. The predicted molar refractivity (Wildman–Crippen MR) is 72.5 cm³/mol. The second-order valence-corrected chi connectivity index (χ2v) is 4.35. The molecule has 0 saturated carbocycles. The Balaban J connectivity index is 2.21. The number of nitrogens with two attached hydrogens (primary N) is 1. The summed E-state index contributed by atoms with van der Waals surface area (Å²) in [6.07, 6.45) is 2.98. The van der Waals surface area contributed by atoms with Crippen molar-refractivity contribution in [2.24, 2.45) is 10.9 Å². The van der Waals surface area contributed by atoms with Crippen LogP contribution in [0.3, 0.4) is 0 Å². The number of ether oxygens (including phenoxy) is 1. The molecule has 1 heterocycles. The first-order valence-electron chi connectivity index (χ1n) is 5.60. The highest BCUT2D eigenvalue weighted by Crippen LogP contribution is 2.18. The Bertz CT molecular complexity index is 649. The summed E-state index contributed by atoms with van der Waals surface area (Å²) in [7, 11) is 0. The lowest BCUT2D eigenvalue weighted by molar-refractivity contribution is 0.303. The molecule has 20 heavy (non-hydrogen) atoms. The standard InChI is InChI=1S/C13H11ClFN3O2/c14-9-3-11(6-17-5-9)20-7-8-1-2-10(15)4-12(8)13(16)18-19/h1-6,19H,7H2,(H2,16,18). The molecule has 1 aromatic carbocycles. The van der Waals surface area contributed by atoms with Crippen LogP contribution >= 0.6 is 11.6 Å². The highest BCUT2D eigenvalue weighted by molar-refractivity contribution is 6.30. The second kappa shape index (κ2) is 6.21. The van der Waals surface area contributed by atoms with Crippen molar-refractivity contribution in [3.8, 4) is 5.75 Å². The summed E-state index contributed by atoms with van der Waals surface area (Å²) >= 11 is 5.79. The average Bonchev–Trinajstić information content (AvgIpc) is 2.45. The fourth-order valence-electron chi connectivity index (χ4n) is 1.60. The summed E-state index contributed by atoms with van der Waals surface area (Å²) in [5.74, 6) is -0.209. The van der Waals surface area contributed by atoms with Crippen molar-refractivity contribution >= 4 is 17.4 Å². The minimum absolute atomic E-state index is 0.105. The number of pyridine rings is 1. The van der Waals surface area contributed by atoms with Crippen LogP contribution in [0.5, 0.6) is 5.75 Å². The quantitative estimate of drug-likeness (QED) is 0.393. The van der Waals surface area contributed by atoms with E-state index in [2.05, 4.69) is 10.1 Å². The van der Waals surface area contributed by atoms with E-state index in [9.17, 15) is 4.39 Å². The number of oxime groups is 1.